The Morgan fingerprint density at radius 3 is 2.25 bits per heavy atom. The van der Waals surface area contributed by atoms with E-state index in [9.17, 15) is 0 Å². The van der Waals surface area contributed by atoms with Gasteiger partial charge in [0.1, 0.15) is 0 Å². The summed E-state index contributed by atoms with van der Waals surface area (Å²) in [6, 6.07) is 0. The van der Waals surface area contributed by atoms with Gasteiger partial charge in [-0.05, 0) is 0 Å². The second kappa shape index (κ2) is 3.40. The zero-order valence-corrected chi connectivity index (χ0v) is 4.15. The van der Waals surface area contributed by atoms with E-state index in [2.05, 4.69) is 0 Å². The first-order valence-electron chi connectivity index (χ1n) is 0.825. The maximum atomic E-state index is 9.04. The van der Waals surface area contributed by atoms with Crippen LogP contribution in [0, 0.1) is 0 Å². The fraction of sp³-hybridized carbons (Fsp3) is 0.500. The highest BCUT2D eigenvalue weighted by atomic mass is 127. The average molecular weight is 169 g/mol. The molecule has 0 atom stereocenters. The van der Waals surface area contributed by atoms with Gasteiger partial charge in [-0.3, -0.25) is 4.79 Å². The highest BCUT2D eigenvalue weighted by Gasteiger charge is 1.58. The van der Waals surface area contributed by atoms with Crippen LogP contribution in [0.5, 0.6) is 0 Å². The lowest BCUT2D eigenvalue weighted by Gasteiger charge is -1.46. The molecule has 0 aromatic rings. The highest BCUT2D eigenvalue weighted by molar-refractivity contribution is 14.1. The molecule has 0 fully saturated rings. The number of hydrogen-bond donors (Lipinski definition) is 0. The average Bonchev–Trinajstić information content (AvgIpc) is 1.37. The van der Waals surface area contributed by atoms with Gasteiger partial charge in [0.2, 0.25) is 6.29 Å². The van der Waals surface area contributed by atoms with E-state index in [0.717, 1.165) is 0 Å². The monoisotopic (exact) mass is 169 g/mol. The van der Waals surface area contributed by atoms with Gasteiger partial charge in [0.15, 0.2) is 0 Å². The second-order valence-corrected chi connectivity index (χ2v) is 1.04. The molecule has 0 N–H and O–H groups in total. The molecule has 0 rings (SSSR count). The molecule has 0 bridgehead atoms. The van der Waals surface area contributed by atoms with Crippen LogP contribution >= 0.6 is 22.6 Å². The number of alkyl halides is 1. The number of halogens is 1. The zero-order valence-electron chi connectivity index (χ0n) is 1.99. The normalized spacial score (nSPS) is 6.25. The van der Waals surface area contributed by atoms with Crippen LogP contribution in [0.4, 0.5) is 0 Å². The number of rotatable bonds is 1. The lowest BCUT2D eigenvalue weighted by molar-refractivity contribution is 0.561. The van der Waals surface area contributed by atoms with Crippen molar-refractivity contribution in [3.63, 3.8) is 0 Å². The van der Waals surface area contributed by atoms with Crippen LogP contribution in [0.25, 0.3) is 0 Å². The van der Waals surface area contributed by atoms with Gasteiger partial charge in [-0.2, -0.15) is 0 Å². The van der Waals surface area contributed by atoms with Crippen LogP contribution in [0.1, 0.15) is 0 Å². The van der Waals surface area contributed by atoms with Gasteiger partial charge in [-0.15, -0.1) is 0 Å². The Morgan fingerprint density at radius 1 is 2.00 bits per heavy atom. The van der Waals surface area contributed by atoms with E-state index in [4.69, 9.17) is 4.79 Å². The van der Waals surface area contributed by atoms with Crippen molar-refractivity contribution >= 4 is 28.9 Å². The van der Waals surface area contributed by atoms with E-state index in [1.165, 1.54) is 0 Å². The highest BCUT2D eigenvalue weighted by Crippen LogP contribution is 1.67. The van der Waals surface area contributed by atoms with E-state index >= 15 is 0 Å². The van der Waals surface area contributed by atoms with Crippen molar-refractivity contribution < 1.29 is 4.79 Å². The van der Waals surface area contributed by atoms with E-state index in [-0.39, 0.29) is 0 Å². The van der Waals surface area contributed by atoms with E-state index in [1.807, 2.05) is 22.6 Å². The summed E-state index contributed by atoms with van der Waals surface area (Å²) in [5.41, 5.74) is 0. The molecule has 0 unspecified atom stereocenters. The third kappa shape index (κ3) is 2.40. The SMILES string of the molecule is O=[C]CI. The summed E-state index contributed by atoms with van der Waals surface area (Å²) in [5, 5.41) is 0. The molecule has 0 heterocycles. The van der Waals surface area contributed by atoms with Crippen LogP contribution in [-0.2, 0) is 4.79 Å². The summed E-state index contributed by atoms with van der Waals surface area (Å²) in [5.74, 6) is 0. The molecule has 0 aliphatic carbocycles. The fourth-order valence-corrected chi connectivity index (χ4v) is 0. The number of hydrogen-bond acceptors (Lipinski definition) is 1. The molecule has 4 heavy (non-hydrogen) atoms. The van der Waals surface area contributed by atoms with Gasteiger partial charge >= 0.3 is 0 Å². The van der Waals surface area contributed by atoms with Gasteiger partial charge in [0.25, 0.3) is 0 Å². The third-order valence-electron chi connectivity index (χ3n) is 0.0546. The maximum Gasteiger partial charge on any atom is 0.208 e. The molecule has 0 aliphatic heterocycles. The first-order chi connectivity index (χ1) is 1.91. The van der Waals surface area contributed by atoms with Crippen molar-refractivity contribution in [3.05, 3.63) is 0 Å². The molecule has 0 spiro atoms. The predicted octanol–water partition coefficient (Wildman–Crippen LogP) is 0.531. The quantitative estimate of drug-likeness (QED) is 0.413. The molecule has 0 amide bonds. The second-order valence-electron chi connectivity index (χ2n) is 0.278. The Balaban J connectivity index is 2.30. The van der Waals surface area contributed by atoms with Crippen molar-refractivity contribution in [2.24, 2.45) is 0 Å². The Hall–Kier alpha value is 0.400. The Kier molecular flexibility index (Phi) is 3.74. The van der Waals surface area contributed by atoms with Crippen molar-refractivity contribution in [3.8, 4) is 0 Å². The van der Waals surface area contributed by atoms with Gasteiger partial charge < -0.3 is 0 Å². The number of carbonyl (C=O) groups excluding carboxylic acids is 1. The summed E-state index contributed by atoms with van der Waals surface area (Å²) in [4.78, 5) is 9.04. The van der Waals surface area contributed by atoms with Crippen molar-refractivity contribution in [1.82, 2.24) is 0 Å². The zero-order chi connectivity index (χ0) is 3.41. The molecule has 2 heteroatoms. The van der Waals surface area contributed by atoms with Gasteiger partial charge in [-0.1, -0.05) is 22.6 Å². The summed E-state index contributed by atoms with van der Waals surface area (Å²) < 4.78 is 0.484. The van der Waals surface area contributed by atoms with Crippen LogP contribution in [0.15, 0.2) is 0 Å². The molecule has 23 valence electrons. The van der Waals surface area contributed by atoms with Crippen LogP contribution < -0.4 is 0 Å². The minimum absolute atomic E-state index is 0.484. The minimum Gasteiger partial charge on any atom is -0.290 e. The van der Waals surface area contributed by atoms with E-state index in [0.29, 0.717) is 4.43 Å². The molecular weight excluding hydrogens is 167 g/mol. The first kappa shape index (κ1) is 4.40. The molecule has 0 saturated carbocycles. The minimum atomic E-state index is 0.484. The lowest BCUT2D eigenvalue weighted by Crippen LogP contribution is -1.61. The van der Waals surface area contributed by atoms with Crippen molar-refractivity contribution in [2.45, 2.75) is 0 Å². The molecular formula is C2H2IO. The Morgan fingerprint density at radius 2 is 2.25 bits per heavy atom. The largest absolute Gasteiger partial charge is 0.290 e. The Labute approximate surface area is 38.5 Å². The molecule has 0 aliphatic rings. The summed E-state index contributed by atoms with van der Waals surface area (Å²) in [6.45, 7) is 0. The topological polar surface area (TPSA) is 17.1 Å². The fourth-order valence-electron chi connectivity index (χ4n) is 0. The van der Waals surface area contributed by atoms with Crippen LogP contribution in [0.2, 0.25) is 0 Å². The Bertz CT molecular complexity index is 20.0. The summed E-state index contributed by atoms with van der Waals surface area (Å²) >= 11 is 1.93. The smallest absolute Gasteiger partial charge is 0.208 e. The van der Waals surface area contributed by atoms with Crippen LogP contribution in [0.3, 0.4) is 0 Å². The van der Waals surface area contributed by atoms with Gasteiger partial charge in [0, 0.05) is 0 Å². The van der Waals surface area contributed by atoms with Gasteiger partial charge in [0.05, 0.1) is 4.43 Å². The van der Waals surface area contributed by atoms with Crippen LogP contribution in [-0.4, -0.2) is 10.7 Å². The lowest BCUT2D eigenvalue weighted by atomic mass is 11.0. The predicted molar refractivity (Wildman–Crippen MR) is 24.6 cm³/mol. The van der Waals surface area contributed by atoms with E-state index < -0.39 is 0 Å². The van der Waals surface area contributed by atoms with Crippen molar-refractivity contribution in [1.29, 1.82) is 0 Å². The molecule has 1 radical (unpaired) electrons. The summed E-state index contributed by atoms with van der Waals surface area (Å²) in [7, 11) is 0. The van der Waals surface area contributed by atoms with Gasteiger partial charge in [-0.25, -0.2) is 0 Å². The standard InChI is InChI=1S/C2H2IO/c3-1-2-4/h1H2. The first-order valence-corrected chi connectivity index (χ1v) is 2.35. The maximum absolute atomic E-state index is 9.04. The third-order valence-corrected chi connectivity index (χ3v) is 0.366. The summed E-state index contributed by atoms with van der Waals surface area (Å²) in [6.07, 6.45) is 1.67. The molecule has 0 saturated heterocycles. The van der Waals surface area contributed by atoms with Crippen molar-refractivity contribution in [2.75, 3.05) is 4.43 Å². The molecule has 1 nitrogen and oxygen atoms in total. The molecule has 0 aromatic heterocycles. The molecule has 0 aromatic carbocycles. The van der Waals surface area contributed by atoms with E-state index in [1.54, 1.807) is 6.29 Å².